The third kappa shape index (κ3) is 8.50. The Morgan fingerprint density at radius 1 is 0.955 bits per heavy atom. The number of halogens is 7. The molecule has 8 nitrogen and oxygen atoms in total. The summed E-state index contributed by atoms with van der Waals surface area (Å²) in [5, 5.41) is 9.46. The van der Waals surface area contributed by atoms with Gasteiger partial charge in [-0.1, -0.05) is 6.07 Å². The molecule has 0 spiro atoms. The summed E-state index contributed by atoms with van der Waals surface area (Å²) in [5.41, 5.74) is -0.249. The van der Waals surface area contributed by atoms with Gasteiger partial charge in [0.15, 0.2) is 0 Å². The lowest BCUT2D eigenvalue weighted by Gasteiger charge is -2.28. The van der Waals surface area contributed by atoms with Gasteiger partial charge in [-0.2, -0.15) is 31.4 Å². The lowest BCUT2D eigenvalue weighted by Crippen LogP contribution is -2.50. The zero-order chi connectivity index (χ0) is 32.6. The molecule has 242 valence electrons. The second-order valence-electron chi connectivity index (χ2n) is 11.8. The zero-order valence-electron chi connectivity index (χ0n) is 24.3. The average Bonchev–Trinajstić information content (AvgIpc) is 3.85. The molecule has 2 saturated carbocycles. The van der Waals surface area contributed by atoms with Crippen LogP contribution < -0.4 is 10.6 Å². The van der Waals surface area contributed by atoms with Crippen LogP contribution in [-0.2, 0) is 9.59 Å². The molecule has 2 aliphatic rings. The van der Waals surface area contributed by atoms with E-state index in [9.17, 15) is 40.7 Å². The number of amides is 3. The summed E-state index contributed by atoms with van der Waals surface area (Å²) in [5.74, 6) is -5.04. The van der Waals surface area contributed by atoms with Crippen LogP contribution in [-0.4, -0.2) is 63.9 Å². The molecule has 4 rings (SSSR count). The van der Waals surface area contributed by atoms with Crippen molar-refractivity contribution in [2.45, 2.75) is 76.8 Å². The fourth-order valence-corrected chi connectivity index (χ4v) is 5.52. The number of alkyl halides is 6. The fraction of sp³-hybridized carbons (Fsp3) is 0.586. The Hall–Kier alpha value is -3.65. The molecule has 0 saturated heterocycles. The molecule has 1 aromatic heterocycles. The van der Waals surface area contributed by atoms with Crippen LogP contribution in [0.1, 0.15) is 74.5 Å². The van der Waals surface area contributed by atoms with Crippen LogP contribution >= 0.6 is 0 Å². The van der Waals surface area contributed by atoms with Crippen molar-refractivity contribution < 1.29 is 45.1 Å². The summed E-state index contributed by atoms with van der Waals surface area (Å²) < 4.78 is 94.1. The van der Waals surface area contributed by atoms with E-state index in [2.05, 4.69) is 15.7 Å². The van der Waals surface area contributed by atoms with E-state index in [0.29, 0.717) is 0 Å². The number of hydrogen-bond acceptors (Lipinski definition) is 4. The average molecular weight is 634 g/mol. The molecule has 2 unspecified atom stereocenters. The third-order valence-electron chi connectivity index (χ3n) is 7.85. The minimum absolute atomic E-state index is 0.128. The van der Waals surface area contributed by atoms with Gasteiger partial charge in [0.25, 0.3) is 5.91 Å². The number of nitrogens with zero attached hydrogens (tertiary/aromatic N) is 3. The van der Waals surface area contributed by atoms with Crippen LogP contribution in [0.25, 0.3) is 0 Å². The zero-order valence-corrected chi connectivity index (χ0v) is 24.3. The minimum Gasteiger partial charge on any atom is -0.339 e. The molecule has 2 N–H and O–H groups in total. The molecule has 1 heterocycles. The number of anilines is 1. The summed E-state index contributed by atoms with van der Waals surface area (Å²) in [6.07, 6.45) is -5.15. The van der Waals surface area contributed by atoms with Crippen LogP contribution in [0.5, 0.6) is 0 Å². The number of carbonyl (C=O) groups is 3. The Kier molecular flexibility index (Phi) is 9.64. The highest BCUT2D eigenvalue weighted by Gasteiger charge is 2.48. The maximum absolute atomic E-state index is 15.2. The highest BCUT2D eigenvalue weighted by atomic mass is 19.4. The number of aromatic nitrogens is 2. The first kappa shape index (κ1) is 33.2. The minimum atomic E-state index is -5.08. The van der Waals surface area contributed by atoms with Gasteiger partial charge in [0.2, 0.25) is 11.8 Å². The van der Waals surface area contributed by atoms with Crippen LogP contribution in [0.4, 0.5) is 36.4 Å². The van der Waals surface area contributed by atoms with Gasteiger partial charge in [-0.25, -0.2) is 4.39 Å². The number of hydrogen-bond donors (Lipinski definition) is 2. The van der Waals surface area contributed by atoms with Gasteiger partial charge in [-0.15, -0.1) is 0 Å². The van der Waals surface area contributed by atoms with Crippen LogP contribution in [0.15, 0.2) is 30.5 Å². The predicted octanol–water partition coefficient (Wildman–Crippen LogP) is 5.83. The van der Waals surface area contributed by atoms with Gasteiger partial charge in [0, 0.05) is 12.2 Å². The van der Waals surface area contributed by atoms with Crippen LogP contribution in [0.2, 0.25) is 0 Å². The molecule has 2 aromatic rings. The molecule has 2 aliphatic carbocycles. The van der Waals surface area contributed by atoms with Crippen LogP contribution in [0, 0.1) is 23.6 Å². The van der Waals surface area contributed by atoms with Crippen molar-refractivity contribution in [1.29, 1.82) is 0 Å². The second-order valence-corrected chi connectivity index (χ2v) is 11.8. The van der Waals surface area contributed by atoms with Gasteiger partial charge in [0.1, 0.15) is 30.6 Å². The predicted molar refractivity (Wildman–Crippen MR) is 145 cm³/mol. The molecule has 1 aromatic carbocycles. The first-order valence-corrected chi connectivity index (χ1v) is 14.3. The number of rotatable bonds is 12. The molecular formula is C29H34F7N5O3. The second kappa shape index (κ2) is 12.8. The lowest BCUT2D eigenvalue weighted by molar-refractivity contribution is -0.188. The van der Waals surface area contributed by atoms with E-state index in [1.54, 1.807) is 0 Å². The van der Waals surface area contributed by atoms with E-state index in [4.69, 9.17) is 0 Å². The molecule has 0 bridgehead atoms. The summed E-state index contributed by atoms with van der Waals surface area (Å²) in [6.45, 7) is 0.506. The Labute approximate surface area is 249 Å². The molecule has 15 heteroatoms. The van der Waals surface area contributed by atoms with Gasteiger partial charge >= 0.3 is 12.4 Å². The van der Waals surface area contributed by atoms with E-state index in [1.165, 1.54) is 16.9 Å². The number of carbonyl (C=O) groups excluding carboxylic acids is 3. The van der Waals surface area contributed by atoms with Crippen molar-refractivity contribution in [3.63, 3.8) is 0 Å². The highest BCUT2D eigenvalue weighted by Crippen LogP contribution is 2.51. The van der Waals surface area contributed by atoms with E-state index < -0.39 is 60.9 Å². The Morgan fingerprint density at radius 2 is 1.52 bits per heavy atom. The largest absolute Gasteiger partial charge is 0.406 e. The van der Waals surface area contributed by atoms with Crippen molar-refractivity contribution in [2.24, 2.45) is 17.8 Å². The topological polar surface area (TPSA) is 96.3 Å². The van der Waals surface area contributed by atoms with Gasteiger partial charge in [-0.05, 0) is 88.0 Å². The van der Waals surface area contributed by atoms with E-state index in [-0.39, 0.29) is 45.6 Å². The van der Waals surface area contributed by atoms with Crippen molar-refractivity contribution >= 4 is 23.4 Å². The summed E-state index contributed by atoms with van der Waals surface area (Å²) in [7, 11) is 0. The van der Waals surface area contributed by atoms with E-state index in [0.717, 1.165) is 50.8 Å². The first-order chi connectivity index (χ1) is 20.4. The van der Waals surface area contributed by atoms with Crippen molar-refractivity contribution in [3.05, 3.63) is 47.5 Å². The monoisotopic (exact) mass is 633 g/mol. The van der Waals surface area contributed by atoms with Crippen molar-refractivity contribution in [1.82, 2.24) is 20.0 Å². The quantitative estimate of drug-likeness (QED) is 0.288. The molecule has 3 amide bonds. The number of benzene rings is 1. The van der Waals surface area contributed by atoms with Crippen molar-refractivity contribution in [3.8, 4) is 0 Å². The molecule has 0 aliphatic heterocycles. The molecule has 2 fully saturated rings. The van der Waals surface area contributed by atoms with E-state index >= 15 is 4.39 Å². The smallest absolute Gasteiger partial charge is 0.339 e. The standard InChI is InChI=1S/C29H34F7N5O3/c1-15(2)41-22(10-11-37-41)25(42)39-24(23(17-4-5-17)18-6-7-18)26(43)38-21-9-8-19(12-20(21)30)16(3)27(44)40(13-28(31,32)33)14-29(34,35)36/h8-12,15-18,23-24H,4-7,13-14H2,1-3H3,(H,38,43)(H,39,42). The van der Waals surface area contributed by atoms with Gasteiger partial charge in [-0.3, -0.25) is 19.1 Å². The first-order valence-electron chi connectivity index (χ1n) is 14.3. The summed E-state index contributed by atoms with van der Waals surface area (Å²) in [6, 6.07) is 3.41. The van der Waals surface area contributed by atoms with E-state index in [1.807, 2.05) is 13.8 Å². The molecular weight excluding hydrogens is 599 g/mol. The third-order valence-corrected chi connectivity index (χ3v) is 7.85. The maximum atomic E-state index is 15.2. The number of nitrogens with one attached hydrogen (secondary N) is 2. The fourth-order valence-electron chi connectivity index (χ4n) is 5.52. The van der Waals surface area contributed by atoms with Gasteiger partial charge in [0.05, 0.1) is 11.6 Å². The molecule has 44 heavy (non-hydrogen) atoms. The SMILES string of the molecule is CC(C(=O)N(CC(F)(F)F)CC(F)(F)F)c1ccc(NC(=O)C(NC(=O)c2ccnn2C(C)C)C(C2CC2)C2CC2)c(F)c1. The van der Waals surface area contributed by atoms with Crippen molar-refractivity contribution in [2.75, 3.05) is 18.4 Å². The Balaban J connectivity index is 1.53. The Morgan fingerprint density at radius 3 is 2.00 bits per heavy atom. The lowest BCUT2D eigenvalue weighted by atomic mass is 9.88. The maximum Gasteiger partial charge on any atom is 0.406 e. The van der Waals surface area contributed by atoms with Crippen LogP contribution in [0.3, 0.4) is 0 Å². The summed E-state index contributed by atoms with van der Waals surface area (Å²) >= 11 is 0. The highest BCUT2D eigenvalue weighted by molar-refractivity contribution is 6.01. The normalized spacial score (nSPS) is 17.0. The summed E-state index contributed by atoms with van der Waals surface area (Å²) in [4.78, 5) is 39.1. The molecule has 0 radical (unpaired) electrons. The Bertz CT molecular complexity index is 1340. The molecule has 2 atom stereocenters. The van der Waals surface area contributed by atoms with Gasteiger partial charge < -0.3 is 15.5 Å².